The molecule has 0 bridgehead atoms. The third kappa shape index (κ3) is 4.31. The van der Waals surface area contributed by atoms with Gasteiger partial charge in [-0.05, 0) is 43.4 Å². The molecule has 1 aliphatic carbocycles. The Hall–Kier alpha value is -0.910. The first kappa shape index (κ1) is 17.4. The minimum Gasteiger partial charge on any atom is -0.384 e. The van der Waals surface area contributed by atoms with E-state index < -0.39 is 15.4 Å². The standard InChI is InChI=1S/C17H27NO3S/c1-13-6-4-5-7-16(13)18-12-17(2,19)14-8-10-15(11-9-14)22(3,20)21/h8-11,13,16,18-19H,4-7,12H2,1-3H3. The summed E-state index contributed by atoms with van der Waals surface area (Å²) in [4.78, 5) is 0.279. The van der Waals surface area contributed by atoms with Crippen molar-refractivity contribution in [2.75, 3.05) is 12.8 Å². The third-order valence-electron chi connectivity index (χ3n) is 4.72. The summed E-state index contributed by atoms with van der Waals surface area (Å²) in [5, 5.41) is 14.2. The van der Waals surface area contributed by atoms with Crippen LogP contribution in [0.3, 0.4) is 0 Å². The van der Waals surface area contributed by atoms with Gasteiger partial charge < -0.3 is 10.4 Å². The Kier molecular flexibility index (Phi) is 5.30. The fraction of sp³-hybridized carbons (Fsp3) is 0.647. The van der Waals surface area contributed by atoms with Gasteiger partial charge in [-0.1, -0.05) is 31.9 Å². The normalized spacial score (nSPS) is 25.6. The van der Waals surface area contributed by atoms with Crippen LogP contribution in [0.1, 0.15) is 45.1 Å². The Morgan fingerprint density at radius 3 is 2.36 bits per heavy atom. The van der Waals surface area contributed by atoms with Crippen LogP contribution in [0.4, 0.5) is 0 Å². The molecule has 0 saturated heterocycles. The molecule has 0 radical (unpaired) electrons. The second kappa shape index (κ2) is 6.69. The fourth-order valence-electron chi connectivity index (χ4n) is 3.11. The molecular weight excluding hydrogens is 298 g/mol. The van der Waals surface area contributed by atoms with Gasteiger partial charge in [0.15, 0.2) is 9.84 Å². The molecule has 0 aromatic heterocycles. The van der Waals surface area contributed by atoms with Crippen molar-refractivity contribution in [1.29, 1.82) is 0 Å². The smallest absolute Gasteiger partial charge is 0.175 e. The van der Waals surface area contributed by atoms with E-state index in [9.17, 15) is 13.5 Å². The predicted octanol–water partition coefficient (Wildman–Crippen LogP) is 2.47. The molecule has 2 rings (SSSR count). The summed E-state index contributed by atoms with van der Waals surface area (Å²) >= 11 is 0. The molecule has 3 unspecified atom stereocenters. The molecule has 4 nitrogen and oxygen atoms in total. The highest BCUT2D eigenvalue weighted by molar-refractivity contribution is 7.90. The van der Waals surface area contributed by atoms with Gasteiger partial charge in [0.2, 0.25) is 0 Å². The Balaban J connectivity index is 2.03. The van der Waals surface area contributed by atoms with Crippen LogP contribution >= 0.6 is 0 Å². The third-order valence-corrected chi connectivity index (χ3v) is 5.85. The van der Waals surface area contributed by atoms with Crippen LogP contribution in [0.5, 0.6) is 0 Å². The lowest BCUT2D eigenvalue weighted by Gasteiger charge is -2.33. The second-order valence-electron chi connectivity index (χ2n) is 6.82. The van der Waals surface area contributed by atoms with E-state index in [4.69, 9.17) is 0 Å². The molecule has 0 heterocycles. The molecule has 1 aromatic carbocycles. The van der Waals surface area contributed by atoms with E-state index in [1.807, 2.05) is 0 Å². The van der Waals surface area contributed by atoms with Gasteiger partial charge in [-0.2, -0.15) is 0 Å². The minimum absolute atomic E-state index is 0.279. The van der Waals surface area contributed by atoms with Crippen molar-refractivity contribution in [3.8, 4) is 0 Å². The molecule has 2 N–H and O–H groups in total. The SMILES string of the molecule is CC1CCCCC1NCC(C)(O)c1ccc(S(C)(=O)=O)cc1. The Morgan fingerprint density at radius 1 is 1.23 bits per heavy atom. The van der Waals surface area contributed by atoms with Gasteiger partial charge in [-0.15, -0.1) is 0 Å². The summed E-state index contributed by atoms with van der Waals surface area (Å²) in [6.45, 7) is 4.50. The van der Waals surface area contributed by atoms with Crippen molar-refractivity contribution in [3.05, 3.63) is 29.8 Å². The van der Waals surface area contributed by atoms with Gasteiger partial charge in [0.1, 0.15) is 0 Å². The summed E-state index contributed by atoms with van der Waals surface area (Å²) in [6.07, 6.45) is 6.12. The molecule has 0 aliphatic heterocycles. The average molecular weight is 325 g/mol. The fourth-order valence-corrected chi connectivity index (χ4v) is 3.74. The highest BCUT2D eigenvalue weighted by Gasteiger charge is 2.27. The van der Waals surface area contributed by atoms with E-state index in [1.165, 1.54) is 25.5 Å². The van der Waals surface area contributed by atoms with Gasteiger partial charge in [-0.25, -0.2) is 8.42 Å². The van der Waals surface area contributed by atoms with E-state index in [2.05, 4.69) is 12.2 Å². The Labute approximate surface area is 133 Å². The summed E-state index contributed by atoms with van der Waals surface area (Å²) in [5.74, 6) is 0.636. The molecule has 0 spiro atoms. The monoisotopic (exact) mass is 325 g/mol. The molecule has 1 aliphatic rings. The zero-order valence-corrected chi connectivity index (χ0v) is 14.5. The first-order chi connectivity index (χ1) is 10.2. The number of nitrogens with one attached hydrogen (secondary N) is 1. The number of hydrogen-bond donors (Lipinski definition) is 2. The molecule has 0 amide bonds. The summed E-state index contributed by atoms with van der Waals surface area (Å²) in [5.41, 5.74) is -0.274. The zero-order chi connectivity index (χ0) is 16.4. The van der Waals surface area contributed by atoms with Crippen LogP contribution < -0.4 is 5.32 Å². The van der Waals surface area contributed by atoms with Crippen LogP contribution in [0, 0.1) is 5.92 Å². The average Bonchev–Trinajstić information content (AvgIpc) is 2.46. The Bertz CT molecular complexity index is 593. The van der Waals surface area contributed by atoms with Gasteiger partial charge in [-0.3, -0.25) is 0 Å². The number of aliphatic hydroxyl groups is 1. The molecule has 5 heteroatoms. The Morgan fingerprint density at radius 2 is 1.82 bits per heavy atom. The van der Waals surface area contributed by atoms with E-state index in [0.717, 1.165) is 12.0 Å². The summed E-state index contributed by atoms with van der Waals surface area (Å²) < 4.78 is 23.0. The number of rotatable bonds is 5. The minimum atomic E-state index is -3.20. The van der Waals surface area contributed by atoms with E-state index in [1.54, 1.807) is 31.2 Å². The molecule has 1 saturated carbocycles. The van der Waals surface area contributed by atoms with Crippen molar-refractivity contribution in [2.24, 2.45) is 5.92 Å². The molecule has 1 aromatic rings. The van der Waals surface area contributed by atoms with Crippen LogP contribution in [-0.4, -0.2) is 32.4 Å². The molecule has 3 atom stereocenters. The molecule has 1 fully saturated rings. The van der Waals surface area contributed by atoms with Crippen LogP contribution in [0.15, 0.2) is 29.2 Å². The van der Waals surface area contributed by atoms with E-state index in [-0.39, 0.29) is 4.90 Å². The molecule has 124 valence electrons. The van der Waals surface area contributed by atoms with Crippen molar-refractivity contribution >= 4 is 9.84 Å². The topological polar surface area (TPSA) is 66.4 Å². The quantitative estimate of drug-likeness (QED) is 0.873. The van der Waals surface area contributed by atoms with Crippen molar-refractivity contribution < 1.29 is 13.5 Å². The predicted molar refractivity (Wildman–Crippen MR) is 88.5 cm³/mol. The first-order valence-corrected chi connectivity index (χ1v) is 9.86. The highest BCUT2D eigenvalue weighted by Crippen LogP contribution is 2.26. The maximum Gasteiger partial charge on any atom is 0.175 e. The number of benzene rings is 1. The van der Waals surface area contributed by atoms with Gasteiger partial charge in [0, 0.05) is 18.8 Å². The maximum atomic E-state index is 11.5. The summed E-state index contributed by atoms with van der Waals surface area (Å²) in [6, 6.07) is 6.96. The second-order valence-corrected chi connectivity index (χ2v) is 8.84. The largest absolute Gasteiger partial charge is 0.384 e. The van der Waals surface area contributed by atoms with E-state index in [0.29, 0.717) is 18.5 Å². The molecular formula is C17H27NO3S. The zero-order valence-electron chi connectivity index (χ0n) is 13.7. The van der Waals surface area contributed by atoms with Crippen molar-refractivity contribution in [1.82, 2.24) is 5.32 Å². The van der Waals surface area contributed by atoms with Crippen molar-refractivity contribution in [3.63, 3.8) is 0 Å². The lowest BCUT2D eigenvalue weighted by molar-refractivity contribution is 0.0494. The van der Waals surface area contributed by atoms with Crippen LogP contribution in [-0.2, 0) is 15.4 Å². The van der Waals surface area contributed by atoms with Gasteiger partial charge in [0.25, 0.3) is 0 Å². The first-order valence-electron chi connectivity index (χ1n) is 7.96. The maximum absolute atomic E-state index is 11.5. The lowest BCUT2D eigenvalue weighted by atomic mass is 9.85. The van der Waals surface area contributed by atoms with Crippen LogP contribution in [0.2, 0.25) is 0 Å². The van der Waals surface area contributed by atoms with Crippen LogP contribution in [0.25, 0.3) is 0 Å². The number of sulfone groups is 1. The van der Waals surface area contributed by atoms with E-state index >= 15 is 0 Å². The molecule has 22 heavy (non-hydrogen) atoms. The lowest BCUT2D eigenvalue weighted by Crippen LogP contribution is -2.44. The van der Waals surface area contributed by atoms with Gasteiger partial charge >= 0.3 is 0 Å². The summed E-state index contributed by atoms with van der Waals surface area (Å²) in [7, 11) is -3.20. The number of hydrogen-bond acceptors (Lipinski definition) is 4. The highest BCUT2D eigenvalue weighted by atomic mass is 32.2. The van der Waals surface area contributed by atoms with Gasteiger partial charge in [0.05, 0.1) is 10.5 Å². The van der Waals surface area contributed by atoms with Crippen molar-refractivity contribution in [2.45, 2.75) is 56.1 Å².